The standard InChI is InChI=1S/C28H35BrN4O4S/c1-19(28-16-20-12-21(17-28)14-22(13-20)18-28)30-26-15-24(4-7-27(26)33(34)35)31-8-10-32(11-9-31)38(36,37)25-5-2-23(29)3-6-25/h2-7,15,19-22,30H,8-14,16-18H2,1H3/t19-,20?,21?,22?,28?/m1/s1. The zero-order chi connectivity index (χ0) is 26.7. The number of piperazine rings is 1. The summed E-state index contributed by atoms with van der Waals surface area (Å²) in [7, 11) is -3.56. The second-order valence-corrected chi connectivity index (χ2v) is 14.8. The van der Waals surface area contributed by atoms with Crippen molar-refractivity contribution < 1.29 is 13.3 Å². The highest BCUT2D eigenvalue weighted by Gasteiger charge is 2.53. The Morgan fingerprint density at radius 1 is 0.974 bits per heavy atom. The van der Waals surface area contributed by atoms with Crippen LogP contribution in [-0.4, -0.2) is 49.9 Å². The largest absolute Gasteiger partial charge is 0.376 e. The maximum absolute atomic E-state index is 13.1. The lowest BCUT2D eigenvalue weighted by Gasteiger charge is -2.59. The molecular weight excluding hydrogens is 568 g/mol. The molecule has 10 heteroatoms. The van der Waals surface area contributed by atoms with Gasteiger partial charge in [0.15, 0.2) is 0 Å². The van der Waals surface area contributed by atoms with Crippen LogP contribution in [0.2, 0.25) is 0 Å². The average Bonchev–Trinajstić information content (AvgIpc) is 2.88. The van der Waals surface area contributed by atoms with E-state index in [4.69, 9.17) is 0 Å². The summed E-state index contributed by atoms with van der Waals surface area (Å²) < 4.78 is 28.6. The van der Waals surface area contributed by atoms with Gasteiger partial charge in [0.05, 0.1) is 9.82 Å². The molecule has 1 N–H and O–H groups in total. The highest BCUT2D eigenvalue weighted by atomic mass is 79.9. The van der Waals surface area contributed by atoms with Gasteiger partial charge in [-0.25, -0.2) is 8.42 Å². The van der Waals surface area contributed by atoms with Crippen LogP contribution in [-0.2, 0) is 10.0 Å². The molecule has 7 rings (SSSR count). The molecule has 4 saturated carbocycles. The number of halogens is 1. The van der Waals surface area contributed by atoms with Crippen molar-refractivity contribution in [1.29, 1.82) is 0 Å². The first-order valence-electron chi connectivity index (χ1n) is 13.7. The summed E-state index contributed by atoms with van der Waals surface area (Å²) in [4.78, 5) is 14.0. The third-order valence-electron chi connectivity index (χ3n) is 9.61. The fourth-order valence-electron chi connectivity index (χ4n) is 8.03. The van der Waals surface area contributed by atoms with Crippen LogP contribution in [0.3, 0.4) is 0 Å². The number of nitrogens with zero attached hydrogens (tertiary/aromatic N) is 3. The third kappa shape index (κ3) is 4.73. The van der Waals surface area contributed by atoms with Crippen LogP contribution in [0.15, 0.2) is 51.8 Å². The fraction of sp³-hybridized carbons (Fsp3) is 0.571. The molecule has 0 amide bonds. The van der Waals surface area contributed by atoms with Gasteiger partial charge in [0, 0.05) is 48.4 Å². The van der Waals surface area contributed by atoms with Crippen molar-refractivity contribution in [3.63, 3.8) is 0 Å². The van der Waals surface area contributed by atoms with Gasteiger partial charge in [0.1, 0.15) is 5.69 Å². The number of anilines is 2. The number of hydrogen-bond donors (Lipinski definition) is 1. The lowest BCUT2D eigenvalue weighted by atomic mass is 9.48. The zero-order valence-electron chi connectivity index (χ0n) is 21.7. The Kier molecular flexibility index (Phi) is 6.71. The van der Waals surface area contributed by atoms with Crippen LogP contribution < -0.4 is 10.2 Å². The van der Waals surface area contributed by atoms with Gasteiger partial charge in [0.2, 0.25) is 10.0 Å². The predicted molar refractivity (Wildman–Crippen MR) is 152 cm³/mol. The molecule has 0 spiro atoms. The molecule has 1 atom stereocenters. The highest BCUT2D eigenvalue weighted by Crippen LogP contribution is 2.61. The summed E-state index contributed by atoms with van der Waals surface area (Å²) in [6, 6.07) is 12.1. The minimum Gasteiger partial charge on any atom is -0.376 e. The van der Waals surface area contributed by atoms with E-state index in [1.807, 2.05) is 6.07 Å². The van der Waals surface area contributed by atoms with Crippen LogP contribution in [0, 0.1) is 33.3 Å². The van der Waals surface area contributed by atoms with Crippen molar-refractivity contribution in [1.82, 2.24) is 4.31 Å². The SMILES string of the molecule is C[C@@H](Nc1cc(N2CCN(S(=O)(=O)c3ccc(Br)cc3)CC2)ccc1[N+](=O)[O-])C12CC3CC(CC(C3)C1)C2. The van der Waals surface area contributed by atoms with E-state index >= 15 is 0 Å². The molecular formula is C28H35BrN4O4S. The second-order valence-electron chi connectivity index (χ2n) is 11.9. The van der Waals surface area contributed by atoms with Gasteiger partial charge >= 0.3 is 0 Å². The summed E-state index contributed by atoms with van der Waals surface area (Å²) in [5.74, 6) is 2.45. The van der Waals surface area contributed by atoms with Crippen molar-refractivity contribution in [3.05, 3.63) is 57.1 Å². The van der Waals surface area contributed by atoms with Gasteiger partial charge in [0.25, 0.3) is 5.69 Å². The van der Waals surface area contributed by atoms with Crippen LogP contribution in [0.4, 0.5) is 17.1 Å². The Balaban J connectivity index is 1.18. The molecule has 5 fully saturated rings. The highest BCUT2D eigenvalue weighted by molar-refractivity contribution is 9.10. The van der Waals surface area contributed by atoms with Crippen molar-refractivity contribution >= 4 is 43.0 Å². The maximum Gasteiger partial charge on any atom is 0.292 e. The molecule has 1 heterocycles. The van der Waals surface area contributed by atoms with Gasteiger partial charge in [-0.15, -0.1) is 0 Å². The maximum atomic E-state index is 13.1. The number of nitro groups is 1. The van der Waals surface area contributed by atoms with Crippen molar-refractivity contribution in [2.24, 2.45) is 23.2 Å². The average molecular weight is 604 g/mol. The molecule has 38 heavy (non-hydrogen) atoms. The zero-order valence-corrected chi connectivity index (χ0v) is 24.1. The van der Waals surface area contributed by atoms with Crippen molar-refractivity contribution in [2.45, 2.75) is 56.4 Å². The van der Waals surface area contributed by atoms with E-state index in [1.54, 1.807) is 36.4 Å². The van der Waals surface area contributed by atoms with Gasteiger partial charge in [-0.3, -0.25) is 10.1 Å². The summed E-state index contributed by atoms with van der Waals surface area (Å²) in [6.45, 7) is 3.99. The van der Waals surface area contributed by atoms with E-state index in [0.717, 1.165) is 27.9 Å². The van der Waals surface area contributed by atoms with Crippen molar-refractivity contribution in [2.75, 3.05) is 36.4 Å². The second kappa shape index (κ2) is 9.78. The molecule has 0 aromatic heterocycles. The lowest BCUT2D eigenvalue weighted by Crippen LogP contribution is -2.53. The topological polar surface area (TPSA) is 95.8 Å². The fourth-order valence-corrected chi connectivity index (χ4v) is 9.72. The summed E-state index contributed by atoms with van der Waals surface area (Å²) in [5, 5.41) is 15.5. The van der Waals surface area contributed by atoms with Gasteiger partial charge in [-0.05, 0) is 105 Å². The van der Waals surface area contributed by atoms with E-state index in [2.05, 4.69) is 33.1 Å². The predicted octanol–water partition coefficient (Wildman–Crippen LogP) is 5.89. The molecule has 1 saturated heterocycles. The first-order chi connectivity index (χ1) is 18.1. The van der Waals surface area contributed by atoms with E-state index in [1.165, 1.54) is 42.8 Å². The molecule has 2 aromatic rings. The quantitative estimate of drug-likeness (QED) is 0.314. The van der Waals surface area contributed by atoms with Crippen LogP contribution in [0.5, 0.6) is 0 Å². The molecule has 0 radical (unpaired) electrons. The summed E-state index contributed by atoms with van der Waals surface area (Å²) in [6.07, 6.45) is 7.79. The van der Waals surface area contributed by atoms with Gasteiger partial charge < -0.3 is 10.2 Å². The minimum absolute atomic E-state index is 0.0989. The molecule has 8 nitrogen and oxygen atoms in total. The number of benzene rings is 2. The number of nitrogens with one attached hydrogen (secondary N) is 1. The third-order valence-corrected chi connectivity index (χ3v) is 12.0. The Labute approximate surface area is 233 Å². The minimum atomic E-state index is -3.56. The summed E-state index contributed by atoms with van der Waals surface area (Å²) >= 11 is 3.35. The summed E-state index contributed by atoms with van der Waals surface area (Å²) in [5.41, 5.74) is 1.78. The Bertz CT molecular complexity index is 1290. The monoisotopic (exact) mass is 602 g/mol. The number of nitro benzene ring substituents is 1. The Morgan fingerprint density at radius 3 is 2.11 bits per heavy atom. The Morgan fingerprint density at radius 2 is 1.55 bits per heavy atom. The van der Waals surface area contributed by atoms with Gasteiger partial charge in [-0.2, -0.15) is 4.31 Å². The molecule has 4 aliphatic carbocycles. The molecule has 1 aliphatic heterocycles. The van der Waals surface area contributed by atoms with Crippen LogP contribution >= 0.6 is 15.9 Å². The molecule has 2 aromatic carbocycles. The first-order valence-corrected chi connectivity index (χ1v) is 15.9. The first kappa shape index (κ1) is 26.1. The van der Waals surface area contributed by atoms with Gasteiger partial charge in [-0.1, -0.05) is 15.9 Å². The van der Waals surface area contributed by atoms with E-state index in [0.29, 0.717) is 31.9 Å². The normalized spacial score (nSPS) is 29.8. The molecule has 0 unspecified atom stereocenters. The smallest absolute Gasteiger partial charge is 0.292 e. The van der Waals surface area contributed by atoms with E-state index in [9.17, 15) is 18.5 Å². The molecule has 204 valence electrons. The number of sulfonamides is 1. The molecule has 4 bridgehead atoms. The van der Waals surface area contributed by atoms with Crippen molar-refractivity contribution in [3.8, 4) is 0 Å². The van der Waals surface area contributed by atoms with E-state index in [-0.39, 0.29) is 27.0 Å². The van der Waals surface area contributed by atoms with Crippen LogP contribution in [0.1, 0.15) is 45.4 Å². The number of rotatable bonds is 7. The van der Waals surface area contributed by atoms with Crippen LogP contribution in [0.25, 0.3) is 0 Å². The number of hydrogen-bond acceptors (Lipinski definition) is 6. The lowest BCUT2D eigenvalue weighted by molar-refractivity contribution is -0.384. The van der Waals surface area contributed by atoms with E-state index < -0.39 is 10.0 Å². The Hall–Kier alpha value is -2.17. The molecule has 5 aliphatic rings.